The van der Waals surface area contributed by atoms with E-state index in [0.717, 1.165) is 16.7 Å². The Balaban J connectivity index is 1.54. The Morgan fingerprint density at radius 3 is 2.49 bits per heavy atom. The average Bonchev–Trinajstić information content (AvgIpc) is 2.91. The molecule has 3 aromatic rings. The summed E-state index contributed by atoms with van der Waals surface area (Å²) in [5.74, 6) is -0.841. The van der Waals surface area contributed by atoms with Gasteiger partial charge >= 0.3 is 12.1 Å². The Labute approximate surface area is 223 Å². The molecular weight excluding hydrogens is 513 g/mol. The SMILES string of the molecule is COc1cccc(-c2ccc(C(Oc3cc(C4=CCC(CC(N)C(=O)O)CC4)nc(N)n3)C(F)(F)F)cc2)c1. The summed E-state index contributed by atoms with van der Waals surface area (Å²) < 4.78 is 52.9. The van der Waals surface area contributed by atoms with E-state index in [-0.39, 0.29) is 23.3 Å². The number of nitrogen functional groups attached to an aromatic ring is 1. The second-order valence-corrected chi connectivity index (χ2v) is 9.39. The van der Waals surface area contributed by atoms with Gasteiger partial charge in [0.05, 0.1) is 12.8 Å². The molecule has 1 heterocycles. The zero-order chi connectivity index (χ0) is 28.2. The zero-order valence-electron chi connectivity index (χ0n) is 21.2. The van der Waals surface area contributed by atoms with Crippen molar-refractivity contribution in [2.24, 2.45) is 11.7 Å². The molecule has 0 saturated heterocycles. The first kappa shape index (κ1) is 27.9. The van der Waals surface area contributed by atoms with Gasteiger partial charge in [-0.25, -0.2) is 4.98 Å². The lowest BCUT2D eigenvalue weighted by atomic mass is 9.84. The predicted octanol–water partition coefficient (Wildman–Crippen LogP) is 5.40. The molecule has 1 aromatic heterocycles. The van der Waals surface area contributed by atoms with Crippen LogP contribution in [0.25, 0.3) is 16.7 Å². The number of nitrogens with zero attached hydrogens (tertiary/aromatic N) is 2. The summed E-state index contributed by atoms with van der Waals surface area (Å²) >= 11 is 0. The molecule has 4 rings (SSSR count). The number of aliphatic carboxylic acids is 1. The minimum absolute atomic E-state index is 0.0873. The van der Waals surface area contributed by atoms with Crippen LogP contribution in [0.2, 0.25) is 0 Å². The maximum absolute atomic E-state index is 14.1. The number of allylic oxidation sites excluding steroid dienone is 2. The molecule has 206 valence electrons. The van der Waals surface area contributed by atoms with Gasteiger partial charge in [0.1, 0.15) is 11.8 Å². The fraction of sp³-hybridized carbons (Fsp3) is 0.321. The van der Waals surface area contributed by atoms with Crippen molar-refractivity contribution >= 4 is 17.5 Å². The Bertz CT molecular complexity index is 1350. The first-order valence-electron chi connectivity index (χ1n) is 12.3. The number of nitrogens with two attached hydrogens (primary N) is 2. The number of ether oxygens (including phenoxy) is 2. The van der Waals surface area contributed by atoms with E-state index in [0.29, 0.717) is 37.1 Å². The Kier molecular flexibility index (Phi) is 8.39. The zero-order valence-corrected chi connectivity index (χ0v) is 21.2. The molecule has 11 heteroatoms. The maximum Gasteiger partial charge on any atom is 0.429 e. The number of carboxylic acids is 1. The normalized spacial score (nSPS) is 17.2. The highest BCUT2D eigenvalue weighted by molar-refractivity contribution is 5.73. The molecule has 1 aliphatic rings. The molecule has 39 heavy (non-hydrogen) atoms. The summed E-state index contributed by atoms with van der Waals surface area (Å²) in [6.45, 7) is 0. The summed E-state index contributed by atoms with van der Waals surface area (Å²) in [7, 11) is 1.54. The first-order valence-corrected chi connectivity index (χ1v) is 12.3. The molecule has 0 radical (unpaired) electrons. The number of anilines is 1. The van der Waals surface area contributed by atoms with Crippen LogP contribution >= 0.6 is 0 Å². The Hall–Kier alpha value is -4.12. The Morgan fingerprint density at radius 2 is 1.87 bits per heavy atom. The summed E-state index contributed by atoms with van der Waals surface area (Å²) in [6, 6.07) is 13.5. The minimum atomic E-state index is -4.72. The van der Waals surface area contributed by atoms with Gasteiger partial charge in [-0.05, 0) is 60.4 Å². The highest BCUT2D eigenvalue weighted by atomic mass is 19.4. The molecule has 0 spiro atoms. The number of benzene rings is 2. The third-order valence-electron chi connectivity index (χ3n) is 6.63. The van der Waals surface area contributed by atoms with Gasteiger partial charge in [0.2, 0.25) is 17.9 Å². The quantitative estimate of drug-likeness (QED) is 0.327. The number of hydrogen-bond donors (Lipinski definition) is 3. The smallest absolute Gasteiger partial charge is 0.429 e. The van der Waals surface area contributed by atoms with Crippen LogP contribution in [0.5, 0.6) is 11.6 Å². The lowest BCUT2D eigenvalue weighted by molar-refractivity contribution is -0.198. The van der Waals surface area contributed by atoms with E-state index < -0.39 is 24.3 Å². The molecule has 5 N–H and O–H groups in total. The van der Waals surface area contributed by atoms with Gasteiger partial charge in [-0.2, -0.15) is 18.2 Å². The number of alkyl halides is 3. The molecule has 0 bridgehead atoms. The third-order valence-corrected chi connectivity index (χ3v) is 6.63. The van der Waals surface area contributed by atoms with E-state index in [9.17, 15) is 18.0 Å². The molecule has 0 fully saturated rings. The fourth-order valence-corrected chi connectivity index (χ4v) is 4.56. The van der Waals surface area contributed by atoms with Crippen LogP contribution in [0, 0.1) is 5.92 Å². The topological polar surface area (TPSA) is 134 Å². The van der Waals surface area contributed by atoms with Crippen LogP contribution < -0.4 is 20.9 Å². The molecule has 1 aliphatic carbocycles. The van der Waals surface area contributed by atoms with Gasteiger partial charge < -0.3 is 26.0 Å². The van der Waals surface area contributed by atoms with Crippen LogP contribution in [-0.4, -0.2) is 40.4 Å². The first-order chi connectivity index (χ1) is 18.5. The molecule has 2 aromatic carbocycles. The lowest BCUT2D eigenvalue weighted by Crippen LogP contribution is -2.32. The van der Waals surface area contributed by atoms with Gasteiger partial charge in [-0.3, -0.25) is 4.79 Å². The number of aromatic nitrogens is 2. The highest BCUT2D eigenvalue weighted by Crippen LogP contribution is 2.39. The fourth-order valence-electron chi connectivity index (χ4n) is 4.56. The van der Waals surface area contributed by atoms with Crippen molar-refractivity contribution in [2.75, 3.05) is 12.8 Å². The van der Waals surface area contributed by atoms with E-state index in [2.05, 4.69) is 9.97 Å². The van der Waals surface area contributed by atoms with Crippen LogP contribution in [0.3, 0.4) is 0 Å². The lowest BCUT2D eigenvalue weighted by Gasteiger charge is -2.24. The van der Waals surface area contributed by atoms with Crippen LogP contribution in [-0.2, 0) is 4.79 Å². The van der Waals surface area contributed by atoms with Crippen molar-refractivity contribution in [3.8, 4) is 22.8 Å². The third kappa shape index (κ3) is 7.05. The number of halogens is 3. The summed E-state index contributed by atoms with van der Waals surface area (Å²) in [6.07, 6.45) is -3.00. The standard InChI is InChI=1S/C28H29F3N4O4/c1-38-21-4-2-3-20(14-21)17-9-11-19(12-10-17)25(28(29,30)31)39-24-15-23(34-27(33)35-24)18-7-5-16(6-8-18)13-22(32)26(36)37/h2-4,7,9-12,14-16,22,25H,5-6,8,13,32H2,1H3,(H,36,37)(H2,33,34,35). The highest BCUT2D eigenvalue weighted by Gasteiger charge is 2.43. The van der Waals surface area contributed by atoms with Crippen LogP contribution in [0.15, 0.2) is 60.7 Å². The van der Waals surface area contributed by atoms with E-state index >= 15 is 0 Å². The minimum Gasteiger partial charge on any atom is -0.497 e. The monoisotopic (exact) mass is 542 g/mol. The number of hydrogen-bond acceptors (Lipinski definition) is 7. The van der Waals surface area contributed by atoms with Gasteiger partial charge in [-0.15, -0.1) is 0 Å². The molecular formula is C28H29F3N4O4. The molecule has 3 atom stereocenters. The average molecular weight is 543 g/mol. The van der Waals surface area contributed by atoms with Gasteiger partial charge in [0.15, 0.2) is 0 Å². The number of rotatable bonds is 9. The van der Waals surface area contributed by atoms with E-state index in [1.54, 1.807) is 37.4 Å². The predicted molar refractivity (Wildman–Crippen MR) is 140 cm³/mol. The maximum atomic E-state index is 14.1. The van der Waals surface area contributed by atoms with E-state index in [1.165, 1.54) is 18.2 Å². The Morgan fingerprint density at radius 1 is 1.13 bits per heavy atom. The van der Waals surface area contributed by atoms with Crippen molar-refractivity contribution in [2.45, 2.75) is 44.0 Å². The molecule has 0 aliphatic heterocycles. The van der Waals surface area contributed by atoms with Gasteiger partial charge in [0, 0.05) is 11.6 Å². The number of methoxy groups -OCH3 is 1. The van der Waals surface area contributed by atoms with E-state index in [4.69, 9.17) is 26.0 Å². The van der Waals surface area contributed by atoms with Crippen molar-refractivity contribution in [3.05, 3.63) is 71.9 Å². The van der Waals surface area contributed by atoms with Gasteiger partial charge in [0.25, 0.3) is 0 Å². The van der Waals surface area contributed by atoms with Crippen molar-refractivity contribution in [1.29, 1.82) is 0 Å². The molecule has 0 saturated carbocycles. The van der Waals surface area contributed by atoms with Crippen molar-refractivity contribution in [1.82, 2.24) is 9.97 Å². The summed E-state index contributed by atoms with van der Waals surface area (Å²) in [5.41, 5.74) is 14.0. The second-order valence-electron chi connectivity index (χ2n) is 9.39. The van der Waals surface area contributed by atoms with Gasteiger partial charge in [-0.1, -0.05) is 42.5 Å². The van der Waals surface area contributed by atoms with Crippen LogP contribution in [0.1, 0.15) is 43.0 Å². The summed E-state index contributed by atoms with van der Waals surface area (Å²) in [5, 5.41) is 9.03. The second kappa shape index (κ2) is 11.7. The van der Waals surface area contributed by atoms with Crippen molar-refractivity contribution < 1.29 is 32.5 Å². The number of carboxylic acid groups (broad SMARTS) is 1. The summed E-state index contributed by atoms with van der Waals surface area (Å²) in [4.78, 5) is 19.1. The van der Waals surface area contributed by atoms with Crippen LogP contribution in [0.4, 0.5) is 19.1 Å². The van der Waals surface area contributed by atoms with E-state index in [1.807, 2.05) is 12.1 Å². The van der Waals surface area contributed by atoms with Crippen molar-refractivity contribution in [3.63, 3.8) is 0 Å². The molecule has 3 unspecified atom stereocenters. The number of carbonyl (C=O) groups is 1. The molecule has 0 amide bonds. The largest absolute Gasteiger partial charge is 0.497 e. The molecule has 8 nitrogen and oxygen atoms in total.